The summed E-state index contributed by atoms with van der Waals surface area (Å²) in [4.78, 5) is 21.6. The lowest BCUT2D eigenvalue weighted by Gasteiger charge is -2.38. The van der Waals surface area contributed by atoms with Crippen molar-refractivity contribution in [3.05, 3.63) is 22.2 Å². The zero-order valence-electron chi connectivity index (χ0n) is 14.5. The number of thiophene rings is 1. The lowest BCUT2D eigenvalue weighted by molar-refractivity contribution is 0.0517. The number of carbonyl (C=O) groups excluding carboxylic acids is 1. The predicted octanol–water partition coefficient (Wildman–Crippen LogP) is 4.16. The Kier molecular flexibility index (Phi) is 3.99. The maximum atomic E-state index is 13.2. The highest BCUT2D eigenvalue weighted by atomic mass is 32.1. The predicted molar refractivity (Wildman–Crippen MR) is 99.6 cm³/mol. The number of fused-ring (bicyclic) bond motifs is 2. The number of aryl methyl sites for hydroxylation is 2. The van der Waals surface area contributed by atoms with Crippen molar-refractivity contribution in [1.29, 1.82) is 0 Å². The molecule has 1 aliphatic carbocycles. The number of hydrogen-bond acceptors (Lipinski definition) is 4. The number of pyridine rings is 1. The quantitative estimate of drug-likeness (QED) is 0.846. The van der Waals surface area contributed by atoms with E-state index >= 15 is 0 Å². The van der Waals surface area contributed by atoms with Gasteiger partial charge in [0.05, 0.1) is 5.69 Å². The molecule has 0 unspecified atom stereocenters. The van der Waals surface area contributed by atoms with E-state index in [1.54, 1.807) is 0 Å². The molecular formula is C19H25N3OS. The maximum absolute atomic E-state index is 13.2. The van der Waals surface area contributed by atoms with Crippen LogP contribution in [0, 0.1) is 0 Å². The van der Waals surface area contributed by atoms with Crippen LogP contribution in [0.5, 0.6) is 0 Å². The van der Waals surface area contributed by atoms with Crippen LogP contribution in [0.15, 0.2) is 6.07 Å². The van der Waals surface area contributed by atoms with Gasteiger partial charge < -0.3 is 10.6 Å². The molecular weight excluding hydrogens is 318 g/mol. The zero-order chi connectivity index (χ0) is 16.8. The Morgan fingerprint density at radius 2 is 1.92 bits per heavy atom. The Bertz CT molecular complexity index is 787. The molecule has 0 saturated carbocycles. The Morgan fingerprint density at radius 3 is 2.67 bits per heavy atom. The van der Waals surface area contributed by atoms with Crippen LogP contribution in [-0.2, 0) is 12.8 Å². The van der Waals surface area contributed by atoms with E-state index in [2.05, 4.69) is 19.9 Å². The minimum atomic E-state index is 0.0909. The minimum absolute atomic E-state index is 0.0909. The summed E-state index contributed by atoms with van der Waals surface area (Å²) < 4.78 is 0. The highest BCUT2D eigenvalue weighted by molar-refractivity contribution is 7.21. The molecule has 4 rings (SSSR count). The average molecular weight is 343 g/mol. The summed E-state index contributed by atoms with van der Waals surface area (Å²) in [6.45, 7) is 4.29. The first-order valence-electron chi connectivity index (χ1n) is 9.09. The number of nitrogens with zero attached hydrogens (tertiary/aromatic N) is 2. The number of rotatable bonds is 1. The molecule has 0 bridgehead atoms. The maximum Gasteiger partial charge on any atom is 0.266 e. The molecule has 2 atom stereocenters. The van der Waals surface area contributed by atoms with Crippen LogP contribution >= 0.6 is 11.3 Å². The number of nitrogen functional groups attached to an aromatic ring is 1. The summed E-state index contributed by atoms with van der Waals surface area (Å²) in [6.07, 6.45) is 7.91. The van der Waals surface area contributed by atoms with Crippen molar-refractivity contribution in [2.45, 2.75) is 70.9 Å². The SMILES string of the molecule is C[C@@H]1CCC[C@@H](C)N1C(=O)c1sc2nc3c(cc2c1N)CCCC3. The second kappa shape index (κ2) is 6.03. The fourth-order valence-electron chi connectivity index (χ4n) is 4.26. The van der Waals surface area contributed by atoms with E-state index in [0.717, 1.165) is 35.9 Å². The van der Waals surface area contributed by atoms with Gasteiger partial charge in [-0.1, -0.05) is 0 Å². The Labute approximate surface area is 147 Å². The van der Waals surface area contributed by atoms with Crippen molar-refractivity contribution >= 4 is 33.1 Å². The van der Waals surface area contributed by atoms with E-state index in [0.29, 0.717) is 10.6 Å². The number of nitrogens with two attached hydrogens (primary N) is 1. The Morgan fingerprint density at radius 1 is 1.21 bits per heavy atom. The summed E-state index contributed by atoms with van der Waals surface area (Å²) in [6, 6.07) is 2.75. The van der Waals surface area contributed by atoms with Crippen molar-refractivity contribution in [3.63, 3.8) is 0 Å². The van der Waals surface area contributed by atoms with Crippen molar-refractivity contribution in [2.75, 3.05) is 5.73 Å². The average Bonchev–Trinajstić information content (AvgIpc) is 2.89. The number of piperidine rings is 1. The van der Waals surface area contributed by atoms with E-state index in [1.807, 2.05) is 4.90 Å². The van der Waals surface area contributed by atoms with Gasteiger partial charge in [-0.3, -0.25) is 4.79 Å². The van der Waals surface area contributed by atoms with Crippen LogP contribution in [0.3, 0.4) is 0 Å². The fourth-order valence-corrected chi connectivity index (χ4v) is 5.30. The first kappa shape index (κ1) is 15.9. The van der Waals surface area contributed by atoms with Crippen LogP contribution in [0.1, 0.15) is 66.9 Å². The molecule has 3 heterocycles. The standard InChI is InChI=1S/C19H25N3OS/c1-11-6-5-7-12(2)22(11)19(23)17-16(20)14-10-13-8-3-4-9-15(13)21-18(14)24-17/h10-12H,3-9,20H2,1-2H3/t11-,12-/m1/s1. The minimum Gasteiger partial charge on any atom is -0.397 e. The molecule has 2 aromatic heterocycles. The van der Waals surface area contributed by atoms with E-state index < -0.39 is 0 Å². The van der Waals surface area contributed by atoms with Gasteiger partial charge in [0, 0.05) is 23.2 Å². The molecule has 5 heteroatoms. The molecule has 4 nitrogen and oxygen atoms in total. The van der Waals surface area contributed by atoms with Gasteiger partial charge in [0.1, 0.15) is 9.71 Å². The summed E-state index contributed by atoms with van der Waals surface area (Å²) in [7, 11) is 0. The number of anilines is 1. The largest absolute Gasteiger partial charge is 0.397 e. The van der Waals surface area contributed by atoms with Gasteiger partial charge in [-0.2, -0.15) is 0 Å². The van der Waals surface area contributed by atoms with Crippen molar-refractivity contribution in [3.8, 4) is 0 Å². The van der Waals surface area contributed by atoms with E-state index in [4.69, 9.17) is 10.7 Å². The lowest BCUT2D eigenvalue weighted by atomic mass is 9.95. The molecule has 1 fully saturated rings. The molecule has 2 aromatic rings. The zero-order valence-corrected chi connectivity index (χ0v) is 15.3. The third-order valence-corrected chi connectivity index (χ3v) is 6.72. The highest BCUT2D eigenvalue weighted by Crippen LogP contribution is 2.37. The first-order chi connectivity index (χ1) is 11.6. The van der Waals surface area contributed by atoms with Gasteiger partial charge >= 0.3 is 0 Å². The first-order valence-corrected chi connectivity index (χ1v) is 9.91. The van der Waals surface area contributed by atoms with Gasteiger partial charge in [0.25, 0.3) is 5.91 Å². The van der Waals surface area contributed by atoms with Gasteiger partial charge in [-0.25, -0.2) is 4.98 Å². The molecule has 1 aliphatic heterocycles. The third-order valence-electron chi connectivity index (χ3n) is 5.62. The molecule has 0 radical (unpaired) electrons. The molecule has 2 aliphatic rings. The van der Waals surface area contributed by atoms with Crippen molar-refractivity contribution in [2.24, 2.45) is 0 Å². The normalized spacial score (nSPS) is 24.2. The van der Waals surface area contributed by atoms with E-state index in [-0.39, 0.29) is 18.0 Å². The number of hydrogen-bond donors (Lipinski definition) is 1. The second-order valence-corrected chi connectivity index (χ2v) is 8.34. The summed E-state index contributed by atoms with van der Waals surface area (Å²) in [5.41, 5.74) is 9.54. The molecule has 24 heavy (non-hydrogen) atoms. The number of aromatic nitrogens is 1. The second-order valence-electron chi connectivity index (χ2n) is 7.34. The molecule has 0 spiro atoms. The number of amides is 1. The van der Waals surface area contributed by atoms with E-state index in [9.17, 15) is 4.79 Å². The summed E-state index contributed by atoms with van der Waals surface area (Å²) >= 11 is 1.48. The van der Waals surface area contributed by atoms with Crippen LogP contribution in [-0.4, -0.2) is 27.9 Å². The molecule has 2 N–H and O–H groups in total. The highest BCUT2D eigenvalue weighted by Gasteiger charge is 2.32. The number of carbonyl (C=O) groups is 1. The fraction of sp³-hybridized carbons (Fsp3) is 0.579. The van der Waals surface area contributed by atoms with Crippen molar-refractivity contribution in [1.82, 2.24) is 9.88 Å². The van der Waals surface area contributed by atoms with E-state index in [1.165, 1.54) is 41.9 Å². The van der Waals surface area contributed by atoms with Gasteiger partial charge in [0.15, 0.2) is 0 Å². The topological polar surface area (TPSA) is 59.2 Å². The molecule has 128 valence electrons. The van der Waals surface area contributed by atoms with Gasteiger partial charge in [-0.05, 0) is 70.4 Å². The lowest BCUT2D eigenvalue weighted by Crippen LogP contribution is -2.47. The Hall–Kier alpha value is -1.62. The number of likely N-dealkylation sites (tertiary alicyclic amines) is 1. The van der Waals surface area contributed by atoms with Gasteiger partial charge in [-0.15, -0.1) is 11.3 Å². The summed E-state index contributed by atoms with van der Waals surface area (Å²) in [5, 5.41) is 0.973. The molecule has 1 amide bonds. The Balaban J connectivity index is 1.76. The third kappa shape index (κ3) is 2.50. The summed E-state index contributed by atoms with van der Waals surface area (Å²) in [5.74, 6) is 0.0909. The smallest absolute Gasteiger partial charge is 0.266 e. The van der Waals surface area contributed by atoms with Crippen LogP contribution in [0.25, 0.3) is 10.2 Å². The van der Waals surface area contributed by atoms with Crippen LogP contribution < -0.4 is 5.73 Å². The van der Waals surface area contributed by atoms with Crippen LogP contribution in [0.2, 0.25) is 0 Å². The molecule has 0 aromatic carbocycles. The van der Waals surface area contributed by atoms with Crippen LogP contribution in [0.4, 0.5) is 5.69 Å². The monoisotopic (exact) mass is 343 g/mol. The van der Waals surface area contributed by atoms with Gasteiger partial charge in [0.2, 0.25) is 0 Å². The van der Waals surface area contributed by atoms with Crippen molar-refractivity contribution < 1.29 is 4.79 Å². The molecule has 1 saturated heterocycles.